The van der Waals surface area contributed by atoms with Gasteiger partial charge in [-0.25, -0.2) is 0 Å². The molecule has 2 heterocycles. The average Bonchev–Trinajstić information content (AvgIpc) is 3.11. The summed E-state index contributed by atoms with van der Waals surface area (Å²) in [6, 6.07) is 11.6. The number of aryl methyl sites for hydroxylation is 1. The van der Waals surface area contributed by atoms with Crippen molar-refractivity contribution in [2.75, 3.05) is 13.7 Å². The largest absolute Gasteiger partial charge is 0.496 e. The van der Waals surface area contributed by atoms with Crippen molar-refractivity contribution in [2.24, 2.45) is 0 Å². The van der Waals surface area contributed by atoms with Gasteiger partial charge in [0.25, 0.3) is 0 Å². The monoisotopic (exact) mass is 367 g/mol. The number of aromatic nitrogens is 1. The van der Waals surface area contributed by atoms with E-state index in [0.29, 0.717) is 32.4 Å². The van der Waals surface area contributed by atoms with E-state index >= 15 is 0 Å². The van der Waals surface area contributed by atoms with Crippen molar-refractivity contribution in [3.63, 3.8) is 0 Å². The normalized spacial score (nSPS) is 16.0. The summed E-state index contributed by atoms with van der Waals surface area (Å²) in [5.41, 5.74) is 2.00. The second kappa shape index (κ2) is 9.16. The van der Waals surface area contributed by atoms with Gasteiger partial charge in [-0.1, -0.05) is 24.3 Å². The standard InChI is InChI=1S/C21H25N3O3/c1-27-19-7-3-2-6-17(19)8-11-21(26)24(14-16-5-4-12-22-13-16)15-18-9-10-20(25)23-18/h2-7,12-13,18H,8-11,14-15H2,1H3,(H,23,25)/t18-/m0/s1. The molecule has 2 amide bonds. The fourth-order valence-electron chi connectivity index (χ4n) is 3.36. The molecule has 0 spiro atoms. The lowest BCUT2D eigenvalue weighted by Crippen LogP contribution is -2.41. The average molecular weight is 367 g/mol. The highest BCUT2D eigenvalue weighted by molar-refractivity contribution is 5.79. The molecule has 0 unspecified atom stereocenters. The van der Waals surface area contributed by atoms with Crippen LogP contribution < -0.4 is 10.1 Å². The summed E-state index contributed by atoms with van der Waals surface area (Å²) < 4.78 is 5.37. The van der Waals surface area contributed by atoms with Crippen LogP contribution >= 0.6 is 0 Å². The van der Waals surface area contributed by atoms with Crippen LogP contribution in [0.2, 0.25) is 0 Å². The molecule has 6 heteroatoms. The Morgan fingerprint density at radius 3 is 2.85 bits per heavy atom. The predicted molar refractivity (Wildman–Crippen MR) is 102 cm³/mol. The van der Waals surface area contributed by atoms with Gasteiger partial charge in [0.15, 0.2) is 0 Å². The fraction of sp³-hybridized carbons (Fsp3) is 0.381. The maximum Gasteiger partial charge on any atom is 0.223 e. The zero-order valence-electron chi connectivity index (χ0n) is 15.6. The van der Waals surface area contributed by atoms with Gasteiger partial charge in [0, 0.05) is 44.4 Å². The van der Waals surface area contributed by atoms with Crippen LogP contribution in [0.15, 0.2) is 48.8 Å². The Kier molecular flexibility index (Phi) is 6.41. The minimum absolute atomic E-state index is 0.0179. The molecule has 0 radical (unpaired) electrons. The van der Waals surface area contributed by atoms with Gasteiger partial charge >= 0.3 is 0 Å². The molecular weight excluding hydrogens is 342 g/mol. The van der Waals surface area contributed by atoms with E-state index in [1.54, 1.807) is 19.5 Å². The molecule has 0 bridgehead atoms. The minimum atomic E-state index is 0.0179. The third-order valence-electron chi connectivity index (χ3n) is 4.78. The van der Waals surface area contributed by atoms with Crippen molar-refractivity contribution >= 4 is 11.8 Å². The van der Waals surface area contributed by atoms with E-state index in [4.69, 9.17) is 4.74 Å². The van der Waals surface area contributed by atoms with E-state index in [2.05, 4.69) is 10.3 Å². The number of para-hydroxylation sites is 1. The minimum Gasteiger partial charge on any atom is -0.496 e. The van der Waals surface area contributed by atoms with Crippen molar-refractivity contribution < 1.29 is 14.3 Å². The molecule has 1 fully saturated rings. The number of rotatable bonds is 8. The quantitative estimate of drug-likeness (QED) is 0.777. The van der Waals surface area contributed by atoms with Gasteiger partial charge in [-0.05, 0) is 36.1 Å². The molecule has 2 aromatic rings. The fourth-order valence-corrected chi connectivity index (χ4v) is 3.36. The summed E-state index contributed by atoms with van der Waals surface area (Å²) in [5, 5.41) is 2.95. The van der Waals surface area contributed by atoms with Crippen LogP contribution in [-0.4, -0.2) is 41.4 Å². The SMILES string of the molecule is COc1ccccc1CCC(=O)N(Cc1cccnc1)C[C@@H]1CCC(=O)N1. The maximum absolute atomic E-state index is 12.9. The molecule has 0 saturated carbocycles. The number of hydrogen-bond acceptors (Lipinski definition) is 4. The number of carbonyl (C=O) groups excluding carboxylic acids is 2. The van der Waals surface area contributed by atoms with E-state index in [1.807, 2.05) is 41.3 Å². The Labute approximate surface area is 159 Å². The lowest BCUT2D eigenvalue weighted by molar-refractivity contribution is -0.132. The number of pyridine rings is 1. The first kappa shape index (κ1) is 18.9. The Balaban J connectivity index is 1.66. The molecular formula is C21H25N3O3. The number of carbonyl (C=O) groups is 2. The highest BCUT2D eigenvalue weighted by Crippen LogP contribution is 2.20. The van der Waals surface area contributed by atoms with Crippen LogP contribution in [0.1, 0.15) is 30.4 Å². The molecule has 0 aliphatic carbocycles. The highest BCUT2D eigenvalue weighted by atomic mass is 16.5. The summed E-state index contributed by atoms with van der Waals surface area (Å²) in [7, 11) is 1.64. The van der Waals surface area contributed by atoms with Crippen molar-refractivity contribution in [3.05, 3.63) is 59.9 Å². The number of nitrogens with zero attached hydrogens (tertiary/aromatic N) is 2. The Morgan fingerprint density at radius 1 is 1.30 bits per heavy atom. The smallest absolute Gasteiger partial charge is 0.223 e. The molecule has 1 N–H and O–H groups in total. The third-order valence-corrected chi connectivity index (χ3v) is 4.78. The molecule has 1 aromatic heterocycles. The Bertz CT molecular complexity index is 779. The molecule has 1 aliphatic heterocycles. The van der Waals surface area contributed by atoms with Gasteiger partial charge in [-0.3, -0.25) is 14.6 Å². The van der Waals surface area contributed by atoms with Crippen LogP contribution in [0.3, 0.4) is 0 Å². The van der Waals surface area contributed by atoms with E-state index in [9.17, 15) is 9.59 Å². The summed E-state index contributed by atoms with van der Waals surface area (Å²) >= 11 is 0. The van der Waals surface area contributed by atoms with Crippen LogP contribution in [-0.2, 0) is 22.6 Å². The summed E-state index contributed by atoms with van der Waals surface area (Å²) in [4.78, 5) is 30.4. The number of ether oxygens (including phenoxy) is 1. The highest BCUT2D eigenvalue weighted by Gasteiger charge is 2.25. The topological polar surface area (TPSA) is 71.5 Å². The van der Waals surface area contributed by atoms with Crippen LogP contribution in [0.25, 0.3) is 0 Å². The van der Waals surface area contributed by atoms with Crippen molar-refractivity contribution in [2.45, 2.75) is 38.3 Å². The van der Waals surface area contributed by atoms with Crippen LogP contribution in [0.5, 0.6) is 5.75 Å². The predicted octanol–water partition coefficient (Wildman–Crippen LogP) is 2.33. The lowest BCUT2D eigenvalue weighted by Gasteiger charge is -2.26. The lowest BCUT2D eigenvalue weighted by atomic mass is 10.1. The number of nitrogens with one attached hydrogen (secondary N) is 1. The van der Waals surface area contributed by atoms with Gasteiger partial charge < -0.3 is 15.0 Å². The van der Waals surface area contributed by atoms with Gasteiger partial charge in [0.1, 0.15) is 5.75 Å². The van der Waals surface area contributed by atoms with Crippen LogP contribution in [0, 0.1) is 0 Å². The molecule has 3 rings (SSSR count). The van der Waals surface area contributed by atoms with Gasteiger partial charge in [-0.15, -0.1) is 0 Å². The first-order chi connectivity index (χ1) is 13.2. The Morgan fingerprint density at radius 2 is 2.15 bits per heavy atom. The number of hydrogen-bond donors (Lipinski definition) is 1. The maximum atomic E-state index is 12.9. The first-order valence-corrected chi connectivity index (χ1v) is 9.23. The molecule has 1 atom stereocenters. The van der Waals surface area contributed by atoms with Crippen molar-refractivity contribution in [1.29, 1.82) is 0 Å². The number of benzene rings is 1. The number of methoxy groups -OCH3 is 1. The number of amides is 2. The van der Waals surface area contributed by atoms with Crippen molar-refractivity contribution in [3.8, 4) is 5.75 Å². The molecule has 142 valence electrons. The zero-order chi connectivity index (χ0) is 19.1. The molecule has 27 heavy (non-hydrogen) atoms. The second-order valence-corrected chi connectivity index (χ2v) is 6.75. The van der Waals surface area contributed by atoms with E-state index in [0.717, 1.165) is 23.3 Å². The van der Waals surface area contributed by atoms with Crippen molar-refractivity contribution in [1.82, 2.24) is 15.2 Å². The summed E-state index contributed by atoms with van der Waals surface area (Å²) in [6.07, 6.45) is 5.79. The first-order valence-electron chi connectivity index (χ1n) is 9.23. The summed E-state index contributed by atoms with van der Waals surface area (Å²) in [5.74, 6) is 0.917. The Hall–Kier alpha value is -2.89. The molecule has 1 aromatic carbocycles. The zero-order valence-corrected chi connectivity index (χ0v) is 15.6. The van der Waals surface area contributed by atoms with Gasteiger partial charge in [0.2, 0.25) is 11.8 Å². The molecule has 1 aliphatic rings. The third kappa shape index (κ3) is 5.29. The van der Waals surface area contributed by atoms with Gasteiger partial charge in [0.05, 0.1) is 7.11 Å². The van der Waals surface area contributed by atoms with E-state index in [-0.39, 0.29) is 17.9 Å². The second-order valence-electron chi connectivity index (χ2n) is 6.75. The summed E-state index contributed by atoms with van der Waals surface area (Å²) in [6.45, 7) is 1.01. The van der Waals surface area contributed by atoms with Crippen LogP contribution in [0.4, 0.5) is 0 Å². The van der Waals surface area contributed by atoms with E-state index in [1.165, 1.54) is 0 Å². The molecule has 1 saturated heterocycles. The van der Waals surface area contributed by atoms with Gasteiger partial charge in [-0.2, -0.15) is 0 Å². The van der Waals surface area contributed by atoms with E-state index < -0.39 is 0 Å². The molecule has 6 nitrogen and oxygen atoms in total.